The number of hydrogen-bond donors (Lipinski definition) is 1. The molecule has 20 heavy (non-hydrogen) atoms. The molecule has 4 nitrogen and oxygen atoms in total. The zero-order chi connectivity index (χ0) is 14.5. The summed E-state index contributed by atoms with van der Waals surface area (Å²) in [5.74, 6) is -0.352. The Balaban J connectivity index is 2.18. The van der Waals surface area contributed by atoms with Crippen molar-refractivity contribution in [3.05, 3.63) is 59.2 Å². The fourth-order valence-corrected chi connectivity index (χ4v) is 2.04. The van der Waals surface area contributed by atoms with E-state index in [2.05, 4.69) is 0 Å². The number of phenolic OH excluding ortho intramolecular Hbond substituents is 1. The van der Waals surface area contributed by atoms with Crippen LogP contribution in [0.2, 0.25) is 0 Å². The summed E-state index contributed by atoms with van der Waals surface area (Å²) in [7, 11) is 1.54. The highest BCUT2D eigenvalue weighted by molar-refractivity contribution is 5.87. The van der Waals surface area contributed by atoms with Gasteiger partial charge in [-0.2, -0.15) is 0 Å². The van der Waals surface area contributed by atoms with Crippen molar-refractivity contribution in [2.75, 3.05) is 7.11 Å². The molecule has 0 bridgehead atoms. The van der Waals surface area contributed by atoms with Crippen molar-refractivity contribution >= 4 is 5.97 Å². The number of carboxylic acid groups (broad SMARTS) is 1. The minimum Gasteiger partial charge on any atom is -0.545 e. The number of ether oxygens (including phenoxy) is 1. The van der Waals surface area contributed by atoms with E-state index in [0.717, 1.165) is 5.56 Å². The summed E-state index contributed by atoms with van der Waals surface area (Å²) in [6, 6.07) is 11.7. The normalized spacial score (nSPS) is 10.2. The van der Waals surface area contributed by atoms with E-state index in [4.69, 9.17) is 4.74 Å². The lowest BCUT2D eigenvalue weighted by atomic mass is 9.99. The highest BCUT2D eigenvalue weighted by atomic mass is 16.5. The Kier molecular flexibility index (Phi) is 4.25. The van der Waals surface area contributed by atoms with Gasteiger partial charge in [-0.3, -0.25) is 0 Å². The summed E-state index contributed by atoms with van der Waals surface area (Å²) in [4.78, 5) is 11.1. The molecule has 0 saturated heterocycles. The number of hydrogen-bond acceptors (Lipinski definition) is 4. The number of phenols is 1. The Hall–Kier alpha value is -2.49. The molecule has 0 heterocycles. The molecule has 1 N–H and O–H groups in total. The van der Waals surface area contributed by atoms with Gasteiger partial charge in [0.15, 0.2) is 0 Å². The van der Waals surface area contributed by atoms with Crippen LogP contribution in [0.15, 0.2) is 42.5 Å². The first-order valence-corrected chi connectivity index (χ1v) is 6.26. The van der Waals surface area contributed by atoms with Crippen LogP contribution in [0.5, 0.6) is 11.5 Å². The number of carbonyl (C=O) groups excluding carboxylic acids is 1. The third-order valence-corrected chi connectivity index (χ3v) is 3.15. The number of carbonyl (C=O) groups is 1. The topological polar surface area (TPSA) is 69.6 Å². The molecule has 2 rings (SSSR count). The minimum atomic E-state index is -1.19. The second-order valence-electron chi connectivity index (χ2n) is 4.48. The first kappa shape index (κ1) is 13.9. The predicted octanol–water partition coefficient (Wildman–Crippen LogP) is 1.55. The number of carboxylic acids is 1. The van der Waals surface area contributed by atoms with Gasteiger partial charge >= 0.3 is 0 Å². The average molecular weight is 271 g/mol. The molecule has 104 valence electrons. The Morgan fingerprint density at radius 2 is 1.85 bits per heavy atom. The molecule has 0 amide bonds. The number of rotatable bonds is 5. The fraction of sp³-hybridized carbons (Fsp3) is 0.188. The van der Waals surface area contributed by atoms with E-state index in [9.17, 15) is 15.0 Å². The Morgan fingerprint density at radius 3 is 2.45 bits per heavy atom. The van der Waals surface area contributed by atoms with E-state index in [1.54, 1.807) is 24.3 Å². The van der Waals surface area contributed by atoms with Gasteiger partial charge in [-0.15, -0.1) is 0 Å². The van der Waals surface area contributed by atoms with Gasteiger partial charge < -0.3 is 19.7 Å². The van der Waals surface area contributed by atoms with E-state index in [1.165, 1.54) is 13.2 Å². The lowest BCUT2D eigenvalue weighted by Crippen LogP contribution is -2.24. The quantitative estimate of drug-likeness (QED) is 0.895. The fourth-order valence-electron chi connectivity index (χ4n) is 2.04. The maximum atomic E-state index is 11.1. The number of aromatic carboxylic acids is 1. The van der Waals surface area contributed by atoms with Crippen molar-refractivity contribution in [3.8, 4) is 11.5 Å². The SMILES string of the molecule is COc1ccc(C(=O)[O-])c(CCc2ccc(O)cc2)c1. The second-order valence-corrected chi connectivity index (χ2v) is 4.48. The van der Waals surface area contributed by atoms with Crippen LogP contribution < -0.4 is 9.84 Å². The molecule has 0 aliphatic rings. The Morgan fingerprint density at radius 1 is 1.15 bits per heavy atom. The zero-order valence-electron chi connectivity index (χ0n) is 11.1. The van der Waals surface area contributed by atoms with Crippen LogP contribution >= 0.6 is 0 Å². The van der Waals surface area contributed by atoms with Crippen LogP contribution in [-0.4, -0.2) is 18.2 Å². The smallest absolute Gasteiger partial charge is 0.119 e. The molecule has 0 aliphatic heterocycles. The molecule has 2 aromatic carbocycles. The second kappa shape index (κ2) is 6.10. The first-order chi connectivity index (χ1) is 9.60. The average Bonchev–Trinajstić information content (AvgIpc) is 2.46. The van der Waals surface area contributed by atoms with Crippen molar-refractivity contribution < 1.29 is 19.7 Å². The molecular weight excluding hydrogens is 256 g/mol. The summed E-state index contributed by atoms with van der Waals surface area (Å²) in [5, 5.41) is 20.3. The van der Waals surface area contributed by atoms with Crippen LogP contribution in [-0.2, 0) is 12.8 Å². The van der Waals surface area contributed by atoms with Gasteiger partial charge in [0.05, 0.1) is 13.1 Å². The summed E-state index contributed by atoms with van der Waals surface area (Å²) in [5.41, 5.74) is 1.89. The van der Waals surface area contributed by atoms with Crippen LogP contribution in [0.25, 0.3) is 0 Å². The zero-order valence-corrected chi connectivity index (χ0v) is 11.1. The molecule has 4 heteroatoms. The van der Waals surface area contributed by atoms with Crippen molar-refractivity contribution in [1.82, 2.24) is 0 Å². The van der Waals surface area contributed by atoms with Crippen LogP contribution in [0.4, 0.5) is 0 Å². The van der Waals surface area contributed by atoms with Crippen LogP contribution in [0.1, 0.15) is 21.5 Å². The van der Waals surface area contributed by atoms with Gasteiger partial charge in [0, 0.05) is 5.56 Å². The summed E-state index contributed by atoms with van der Waals surface area (Å²) in [6.07, 6.45) is 1.24. The number of aryl methyl sites for hydroxylation is 2. The van der Waals surface area contributed by atoms with Gasteiger partial charge in [-0.1, -0.05) is 12.1 Å². The molecule has 0 atom stereocenters. The Labute approximate surface area is 117 Å². The van der Waals surface area contributed by atoms with Crippen molar-refractivity contribution in [2.24, 2.45) is 0 Å². The predicted molar refractivity (Wildman–Crippen MR) is 72.8 cm³/mol. The molecule has 0 saturated carbocycles. The number of benzene rings is 2. The molecule has 0 aromatic heterocycles. The van der Waals surface area contributed by atoms with Crippen molar-refractivity contribution in [3.63, 3.8) is 0 Å². The molecule has 2 aromatic rings. The highest BCUT2D eigenvalue weighted by Gasteiger charge is 2.06. The molecular formula is C16H15O4-. The van der Waals surface area contributed by atoms with Gasteiger partial charge in [-0.25, -0.2) is 0 Å². The summed E-state index contributed by atoms with van der Waals surface area (Å²) >= 11 is 0. The molecule has 0 unspecified atom stereocenters. The lowest BCUT2D eigenvalue weighted by molar-refractivity contribution is -0.255. The van der Waals surface area contributed by atoms with Gasteiger partial charge in [-0.05, 0) is 54.3 Å². The standard InChI is InChI=1S/C16H16O4/c1-20-14-8-9-15(16(18)19)12(10-14)5-2-11-3-6-13(17)7-4-11/h3-4,6-10,17H,2,5H2,1H3,(H,18,19)/p-1. The molecule has 0 fully saturated rings. The number of aromatic hydroxyl groups is 1. The third kappa shape index (κ3) is 3.29. The minimum absolute atomic E-state index is 0.185. The van der Waals surface area contributed by atoms with E-state index < -0.39 is 5.97 Å². The molecule has 0 spiro atoms. The summed E-state index contributed by atoms with van der Waals surface area (Å²) < 4.78 is 5.11. The monoisotopic (exact) mass is 271 g/mol. The molecule has 0 aliphatic carbocycles. The van der Waals surface area contributed by atoms with Gasteiger partial charge in [0.25, 0.3) is 0 Å². The van der Waals surface area contributed by atoms with E-state index in [-0.39, 0.29) is 11.3 Å². The van der Waals surface area contributed by atoms with E-state index in [1.807, 2.05) is 12.1 Å². The summed E-state index contributed by atoms with van der Waals surface area (Å²) in [6.45, 7) is 0. The Bertz CT molecular complexity index is 602. The van der Waals surface area contributed by atoms with Crippen LogP contribution in [0, 0.1) is 0 Å². The third-order valence-electron chi connectivity index (χ3n) is 3.15. The molecule has 0 radical (unpaired) electrons. The maximum absolute atomic E-state index is 11.1. The van der Waals surface area contributed by atoms with Crippen LogP contribution in [0.3, 0.4) is 0 Å². The van der Waals surface area contributed by atoms with E-state index in [0.29, 0.717) is 24.2 Å². The van der Waals surface area contributed by atoms with Gasteiger partial charge in [0.2, 0.25) is 0 Å². The number of methoxy groups -OCH3 is 1. The lowest BCUT2D eigenvalue weighted by Gasteiger charge is -2.12. The first-order valence-electron chi connectivity index (χ1n) is 6.26. The highest BCUT2D eigenvalue weighted by Crippen LogP contribution is 2.20. The van der Waals surface area contributed by atoms with Crippen molar-refractivity contribution in [2.45, 2.75) is 12.8 Å². The largest absolute Gasteiger partial charge is 0.545 e. The maximum Gasteiger partial charge on any atom is 0.119 e. The van der Waals surface area contributed by atoms with Gasteiger partial charge in [0.1, 0.15) is 11.5 Å². The van der Waals surface area contributed by atoms with E-state index >= 15 is 0 Å². The van der Waals surface area contributed by atoms with Crippen molar-refractivity contribution in [1.29, 1.82) is 0 Å².